The number of aromatic nitrogens is 2. The SMILES string of the molecule is COCCN1CCC(CN(C)C2=NC(=O)/C(=C/c3ccc4c(cnn4Cc4ccc(Cl)cc4C(F)(F)F)c3)S2)C1. The van der Waals surface area contributed by atoms with Crippen molar-refractivity contribution in [1.29, 1.82) is 0 Å². The van der Waals surface area contributed by atoms with Gasteiger partial charge >= 0.3 is 6.18 Å². The van der Waals surface area contributed by atoms with E-state index in [2.05, 4.69) is 15.0 Å². The molecule has 1 amide bonds. The van der Waals surface area contributed by atoms with Gasteiger partial charge in [0.15, 0.2) is 5.17 Å². The summed E-state index contributed by atoms with van der Waals surface area (Å²) in [6.07, 6.45) is -0.0229. The van der Waals surface area contributed by atoms with Gasteiger partial charge in [-0.2, -0.15) is 23.3 Å². The van der Waals surface area contributed by atoms with E-state index in [-0.39, 0.29) is 23.0 Å². The van der Waals surface area contributed by atoms with E-state index in [4.69, 9.17) is 16.3 Å². The van der Waals surface area contributed by atoms with Gasteiger partial charge in [0.05, 0.1) is 35.3 Å². The Balaban J connectivity index is 1.25. The van der Waals surface area contributed by atoms with Gasteiger partial charge in [-0.15, -0.1) is 0 Å². The molecule has 7 nitrogen and oxygen atoms in total. The molecule has 0 bridgehead atoms. The molecule has 5 rings (SSSR count). The summed E-state index contributed by atoms with van der Waals surface area (Å²) < 4.78 is 47.3. The van der Waals surface area contributed by atoms with Crippen molar-refractivity contribution in [3.05, 3.63) is 69.2 Å². The maximum absolute atomic E-state index is 13.5. The number of halogens is 4. The molecule has 212 valence electrons. The molecular formula is C28H29ClF3N5O2S. The Bertz CT molecular complexity index is 1470. The smallest absolute Gasteiger partial charge is 0.383 e. The van der Waals surface area contributed by atoms with E-state index in [0.29, 0.717) is 21.5 Å². The normalized spacial score (nSPS) is 19.2. The molecule has 3 aromatic rings. The predicted molar refractivity (Wildman–Crippen MR) is 152 cm³/mol. The minimum absolute atomic E-state index is 0.0277. The molecule has 0 saturated carbocycles. The lowest BCUT2D eigenvalue weighted by Crippen LogP contribution is -2.31. The molecule has 1 atom stereocenters. The van der Waals surface area contributed by atoms with Crippen LogP contribution in [0.5, 0.6) is 0 Å². The molecule has 40 heavy (non-hydrogen) atoms. The maximum atomic E-state index is 13.5. The lowest BCUT2D eigenvalue weighted by atomic mass is 10.1. The number of hydrogen-bond donors (Lipinski definition) is 0. The number of alkyl halides is 3. The van der Waals surface area contributed by atoms with Crippen LogP contribution in [-0.2, 0) is 22.3 Å². The fourth-order valence-corrected chi connectivity index (χ4v) is 6.15. The number of hydrogen-bond acceptors (Lipinski definition) is 6. The molecular weight excluding hydrogens is 563 g/mol. The van der Waals surface area contributed by atoms with Crippen LogP contribution in [0.4, 0.5) is 13.2 Å². The summed E-state index contributed by atoms with van der Waals surface area (Å²) in [7, 11) is 3.67. The number of benzene rings is 2. The molecule has 12 heteroatoms. The van der Waals surface area contributed by atoms with Crippen molar-refractivity contribution in [2.24, 2.45) is 10.9 Å². The highest BCUT2D eigenvalue weighted by Crippen LogP contribution is 2.35. The van der Waals surface area contributed by atoms with E-state index in [1.807, 2.05) is 24.1 Å². The van der Waals surface area contributed by atoms with Gasteiger partial charge in [0.2, 0.25) is 0 Å². The monoisotopic (exact) mass is 591 g/mol. The summed E-state index contributed by atoms with van der Waals surface area (Å²) >= 11 is 7.16. The standard InChI is InChI=1S/C28H29ClF3N5O2S/c1-35(15-19-7-8-36(16-19)9-10-39-2)27-34-26(38)25(40-27)12-18-3-6-24-21(11-18)14-33-37(24)17-20-4-5-22(29)13-23(20)28(30,31)32/h3-6,11-14,19H,7-10,15-17H2,1-2H3/b25-12-. The van der Waals surface area contributed by atoms with Gasteiger partial charge in [0.1, 0.15) is 0 Å². The number of methoxy groups -OCH3 is 1. The summed E-state index contributed by atoms with van der Waals surface area (Å²) in [5, 5.41) is 5.78. The lowest BCUT2D eigenvalue weighted by Gasteiger charge is -2.22. The Labute approximate surface area is 239 Å². The predicted octanol–water partition coefficient (Wildman–Crippen LogP) is 5.63. The topological polar surface area (TPSA) is 63.0 Å². The third kappa shape index (κ3) is 6.54. The number of nitrogens with zero attached hydrogens (tertiary/aromatic N) is 5. The molecule has 0 radical (unpaired) electrons. The number of likely N-dealkylation sites (tertiary alicyclic amines) is 1. The van der Waals surface area contributed by atoms with Crippen LogP contribution in [0.25, 0.3) is 17.0 Å². The Morgan fingerprint density at radius 3 is 2.85 bits per heavy atom. The number of amides is 1. The van der Waals surface area contributed by atoms with Gasteiger partial charge in [0, 0.05) is 44.2 Å². The Hall–Kier alpha value is -2.86. The van der Waals surface area contributed by atoms with E-state index in [1.165, 1.54) is 28.6 Å². The molecule has 2 aliphatic heterocycles. The first-order valence-electron chi connectivity index (χ1n) is 12.9. The summed E-state index contributed by atoms with van der Waals surface area (Å²) in [6.45, 7) is 4.47. The minimum atomic E-state index is -4.52. The van der Waals surface area contributed by atoms with Gasteiger partial charge < -0.3 is 14.5 Å². The molecule has 1 fully saturated rings. The van der Waals surface area contributed by atoms with Crippen molar-refractivity contribution in [3.8, 4) is 0 Å². The number of fused-ring (bicyclic) bond motifs is 1. The highest BCUT2D eigenvalue weighted by molar-refractivity contribution is 8.18. The van der Waals surface area contributed by atoms with Crippen LogP contribution in [0.1, 0.15) is 23.1 Å². The maximum Gasteiger partial charge on any atom is 0.416 e. The van der Waals surface area contributed by atoms with Gasteiger partial charge in [-0.25, -0.2) is 0 Å². The zero-order valence-corrected chi connectivity index (χ0v) is 23.7. The minimum Gasteiger partial charge on any atom is -0.383 e. The second-order valence-electron chi connectivity index (χ2n) is 10.1. The molecule has 1 aromatic heterocycles. The van der Waals surface area contributed by atoms with Crippen molar-refractivity contribution >= 4 is 51.4 Å². The van der Waals surface area contributed by atoms with Crippen LogP contribution in [0.2, 0.25) is 5.02 Å². The lowest BCUT2D eigenvalue weighted by molar-refractivity contribution is -0.138. The average molecular weight is 592 g/mol. The van der Waals surface area contributed by atoms with E-state index < -0.39 is 11.7 Å². The van der Waals surface area contributed by atoms with Crippen molar-refractivity contribution < 1.29 is 22.7 Å². The van der Waals surface area contributed by atoms with E-state index in [0.717, 1.165) is 56.2 Å². The summed E-state index contributed by atoms with van der Waals surface area (Å²) in [5.74, 6) is 0.227. The molecule has 2 aromatic carbocycles. The molecule has 1 saturated heterocycles. The summed E-state index contributed by atoms with van der Waals surface area (Å²) in [4.78, 5) is 21.9. The van der Waals surface area contributed by atoms with E-state index >= 15 is 0 Å². The largest absolute Gasteiger partial charge is 0.416 e. The Kier molecular flexibility index (Phi) is 8.55. The third-order valence-corrected chi connectivity index (χ3v) is 8.44. The number of thioether (sulfide) groups is 1. The summed E-state index contributed by atoms with van der Waals surface area (Å²) in [5.41, 5.74) is 0.770. The quantitative estimate of drug-likeness (QED) is 0.317. The van der Waals surface area contributed by atoms with Crippen LogP contribution in [0, 0.1) is 5.92 Å². The number of carbonyl (C=O) groups is 1. The Morgan fingerprint density at radius 2 is 2.08 bits per heavy atom. The van der Waals surface area contributed by atoms with Crippen molar-refractivity contribution in [2.75, 3.05) is 46.9 Å². The average Bonchev–Trinajstić information content (AvgIpc) is 3.62. The molecule has 1 unspecified atom stereocenters. The van der Waals surface area contributed by atoms with Crippen molar-refractivity contribution in [3.63, 3.8) is 0 Å². The fourth-order valence-electron chi connectivity index (χ4n) is 5.10. The van der Waals surface area contributed by atoms with Crippen LogP contribution in [0.3, 0.4) is 0 Å². The van der Waals surface area contributed by atoms with Crippen LogP contribution >= 0.6 is 23.4 Å². The molecule has 3 heterocycles. The van der Waals surface area contributed by atoms with Gasteiger partial charge in [-0.05, 0) is 72.1 Å². The number of amidine groups is 1. The van der Waals surface area contributed by atoms with Crippen molar-refractivity contribution in [2.45, 2.75) is 19.1 Å². The molecule has 2 aliphatic rings. The number of carbonyl (C=O) groups excluding carboxylic acids is 1. The molecule has 0 N–H and O–H groups in total. The Morgan fingerprint density at radius 1 is 1.25 bits per heavy atom. The fraction of sp³-hybridized carbons (Fsp3) is 0.393. The zero-order chi connectivity index (χ0) is 28.4. The van der Waals surface area contributed by atoms with Gasteiger partial charge in [0.25, 0.3) is 5.91 Å². The second-order valence-corrected chi connectivity index (χ2v) is 11.5. The zero-order valence-electron chi connectivity index (χ0n) is 22.1. The number of aliphatic imine (C=N–C) groups is 1. The first-order valence-corrected chi connectivity index (χ1v) is 14.1. The number of ether oxygens (including phenoxy) is 1. The van der Waals surface area contributed by atoms with Gasteiger partial charge in [-0.1, -0.05) is 23.7 Å². The molecule has 0 spiro atoms. The summed E-state index contributed by atoms with van der Waals surface area (Å²) in [6, 6.07) is 9.23. The number of rotatable bonds is 8. The highest BCUT2D eigenvalue weighted by atomic mass is 35.5. The highest BCUT2D eigenvalue weighted by Gasteiger charge is 2.34. The first-order chi connectivity index (χ1) is 19.1. The van der Waals surface area contributed by atoms with Gasteiger partial charge in [-0.3, -0.25) is 9.48 Å². The third-order valence-electron chi connectivity index (χ3n) is 7.11. The first kappa shape index (κ1) is 28.7. The van der Waals surface area contributed by atoms with Crippen LogP contribution in [-0.4, -0.2) is 77.6 Å². The van der Waals surface area contributed by atoms with Crippen molar-refractivity contribution in [1.82, 2.24) is 19.6 Å². The second kappa shape index (κ2) is 11.9. The van der Waals surface area contributed by atoms with Crippen LogP contribution in [0.15, 0.2) is 52.5 Å². The van der Waals surface area contributed by atoms with E-state index in [9.17, 15) is 18.0 Å². The van der Waals surface area contributed by atoms with E-state index in [1.54, 1.807) is 25.4 Å². The van der Waals surface area contributed by atoms with Crippen LogP contribution < -0.4 is 0 Å². The molecule has 0 aliphatic carbocycles.